The molecule has 0 atom stereocenters. The Bertz CT molecular complexity index is 991. The van der Waals surface area contributed by atoms with Gasteiger partial charge in [-0.25, -0.2) is 0 Å². The molecule has 2 N–H and O–H groups in total. The van der Waals surface area contributed by atoms with Crippen LogP contribution < -0.4 is 5.46 Å². The summed E-state index contributed by atoms with van der Waals surface area (Å²) < 4.78 is 5.83. The second-order valence-corrected chi connectivity index (χ2v) is 5.39. The number of halogens is 1. The van der Waals surface area contributed by atoms with Crippen molar-refractivity contribution in [3.05, 3.63) is 53.6 Å². The van der Waals surface area contributed by atoms with Gasteiger partial charge in [0.25, 0.3) is 0 Å². The van der Waals surface area contributed by atoms with Crippen molar-refractivity contribution < 1.29 is 14.5 Å². The molecule has 21 heavy (non-hydrogen) atoms. The lowest BCUT2D eigenvalue weighted by molar-refractivity contribution is 0.426. The topological polar surface area (TPSA) is 53.6 Å². The minimum Gasteiger partial charge on any atom is -0.455 e. The van der Waals surface area contributed by atoms with Crippen LogP contribution in [0, 0.1) is 0 Å². The van der Waals surface area contributed by atoms with Crippen molar-refractivity contribution in [2.24, 2.45) is 0 Å². The van der Waals surface area contributed by atoms with Gasteiger partial charge in [0.2, 0.25) is 0 Å². The predicted octanol–water partition coefficient (Wildman–Crippen LogP) is 3.07. The van der Waals surface area contributed by atoms with Crippen LogP contribution in [-0.2, 0) is 0 Å². The average molecular weight is 297 g/mol. The van der Waals surface area contributed by atoms with Gasteiger partial charge >= 0.3 is 7.12 Å². The Kier molecular flexibility index (Phi) is 2.72. The molecule has 3 aromatic carbocycles. The smallest absolute Gasteiger partial charge is 0.455 e. The van der Waals surface area contributed by atoms with E-state index in [1.54, 1.807) is 6.07 Å². The van der Waals surface area contributed by atoms with E-state index in [-0.39, 0.29) is 0 Å². The molecule has 1 heterocycles. The van der Waals surface area contributed by atoms with Crippen LogP contribution in [0.15, 0.2) is 52.9 Å². The van der Waals surface area contributed by atoms with Gasteiger partial charge in [0, 0.05) is 16.2 Å². The van der Waals surface area contributed by atoms with Crippen molar-refractivity contribution in [3.8, 4) is 0 Å². The molecule has 0 aliphatic carbocycles. The lowest BCUT2D eigenvalue weighted by Gasteiger charge is -2.06. The lowest BCUT2D eigenvalue weighted by atomic mass is 9.76. The van der Waals surface area contributed by atoms with Gasteiger partial charge in [0.15, 0.2) is 5.58 Å². The first-order valence-electron chi connectivity index (χ1n) is 6.55. The highest BCUT2D eigenvalue weighted by Gasteiger charge is 2.23. The van der Waals surface area contributed by atoms with Gasteiger partial charge in [-0.15, -0.1) is 0 Å². The molecule has 0 bridgehead atoms. The fraction of sp³-hybridized carbons (Fsp3) is 0. The fourth-order valence-corrected chi connectivity index (χ4v) is 3.06. The highest BCUT2D eigenvalue weighted by molar-refractivity contribution is 6.65. The van der Waals surface area contributed by atoms with E-state index in [1.807, 2.05) is 42.5 Å². The van der Waals surface area contributed by atoms with Crippen LogP contribution in [0.4, 0.5) is 0 Å². The van der Waals surface area contributed by atoms with E-state index < -0.39 is 7.12 Å². The molecule has 0 fully saturated rings. The van der Waals surface area contributed by atoms with Crippen LogP contribution in [0.5, 0.6) is 0 Å². The lowest BCUT2D eigenvalue weighted by Crippen LogP contribution is -2.31. The summed E-state index contributed by atoms with van der Waals surface area (Å²) in [6, 6.07) is 15.0. The molecule has 4 rings (SSSR count). The quantitative estimate of drug-likeness (QED) is 0.531. The average Bonchev–Trinajstić information content (AvgIpc) is 2.84. The van der Waals surface area contributed by atoms with Gasteiger partial charge in [-0.3, -0.25) is 0 Å². The van der Waals surface area contributed by atoms with E-state index in [0.29, 0.717) is 21.7 Å². The monoisotopic (exact) mass is 296 g/mol. The van der Waals surface area contributed by atoms with Crippen LogP contribution in [-0.4, -0.2) is 17.2 Å². The first kappa shape index (κ1) is 12.7. The Morgan fingerprint density at radius 2 is 1.62 bits per heavy atom. The summed E-state index contributed by atoms with van der Waals surface area (Å²) in [6.45, 7) is 0. The zero-order valence-electron chi connectivity index (χ0n) is 10.9. The van der Waals surface area contributed by atoms with E-state index in [2.05, 4.69) is 0 Å². The number of rotatable bonds is 1. The van der Waals surface area contributed by atoms with Crippen molar-refractivity contribution in [3.63, 3.8) is 0 Å². The normalized spacial score (nSPS) is 11.6. The van der Waals surface area contributed by atoms with Gasteiger partial charge < -0.3 is 14.5 Å². The van der Waals surface area contributed by atoms with Crippen LogP contribution in [0.25, 0.3) is 32.7 Å². The number of hydrogen-bond donors (Lipinski definition) is 2. The first-order chi connectivity index (χ1) is 10.2. The Labute approximate surface area is 125 Å². The van der Waals surface area contributed by atoms with Gasteiger partial charge in [-0.2, -0.15) is 0 Å². The van der Waals surface area contributed by atoms with Crippen molar-refractivity contribution in [1.82, 2.24) is 0 Å². The van der Waals surface area contributed by atoms with Gasteiger partial charge in [0.05, 0.1) is 5.02 Å². The zero-order valence-corrected chi connectivity index (χ0v) is 11.6. The van der Waals surface area contributed by atoms with Crippen LogP contribution >= 0.6 is 11.6 Å². The molecule has 1 aromatic heterocycles. The SMILES string of the molecule is OB(O)c1c2ccccc2cc2c1oc1c(Cl)cccc12. The third-order valence-corrected chi connectivity index (χ3v) is 4.06. The van der Waals surface area contributed by atoms with Crippen molar-refractivity contribution in [2.45, 2.75) is 0 Å². The molecule has 5 heteroatoms. The Balaban J connectivity index is 2.31. The highest BCUT2D eigenvalue weighted by Crippen LogP contribution is 2.34. The molecule has 102 valence electrons. The molecular weight excluding hydrogens is 286 g/mol. The maximum absolute atomic E-state index is 9.78. The largest absolute Gasteiger partial charge is 0.492 e. The van der Waals surface area contributed by atoms with Crippen molar-refractivity contribution in [1.29, 1.82) is 0 Å². The van der Waals surface area contributed by atoms with E-state index >= 15 is 0 Å². The van der Waals surface area contributed by atoms with E-state index in [9.17, 15) is 10.0 Å². The minimum atomic E-state index is -1.61. The summed E-state index contributed by atoms with van der Waals surface area (Å²) in [5, 5.41) is 23.4. The molecule has 0 aliphatic heterocycles. The summed E-state index contributed by atoms with van der Waals surface area (Å²) in [5.41, 5.74) is 1.40. The van der Waals surface area contributed by atoms with Gasteiger partial charge in [0.1, 0.15) is 5.58 Å². The zero-order chi connectivity index (χ0) is 14.6. The number of furan rings is 1. The molecule has 0 aliphatic rings. The Morgan fingerprint density at radius 1 is 0.857 bits per heavy atom. The number of benzene rings is 3. The maximum atomic E-state index is 9.78. The Morgan fingerprint density at radius 3 is 2.43 bits per heavy atom. The second-order valence-electron chi connectivity index (χ2n) is 4.98. The van der Waals surface area contributed by atoms with Crippen LogP contribution in [0.3, 0.4) is 0 Å². The van der Waals surface area contributed by atoms with Crippen LogP contribution in [0.1, 0.15) is 0 Å². The van der Waals surface area contributed by atoms with Gasteiger partial charge in [-0.1, -0.05) is 48.0 Å². The van der Waals surface area contributed by atoms with Crippen molar-refractivity contribution in [2.75, 3.05) is 0 Å². The summed E-state index contributed by atoms with van der Waals surface area (Å²) >= 11 is 6.17. The standard InChI is InChI=1S/C16H10BClO3/c18-13-7-3-6-11-12-8-9-4-1-2-5-10(9)14(17(19)20)16(12)21-15(11)13/h1-8,19-20H. The molecule has 0 saturated heterocycles. The second kappa shape index (κ2) is 4.50. The van der Waals surface area contributed by atoms with Crippen molar-refractivity contribution >= 4 is 56.9 Å². The number of hydrogen-bond acceptors (Lipinski definition) is 3. The molecule has 0 amide bonds. The Hall–Kier alpha value is -2.01. The van der Waals surface area contributed by atoms with E-state index in [0.717, 1.165) is 21.5 Å². The summed E-state index contributed by atoms with van der Waals surface area (Å²) in [5.74, 6) is 0. The molecule has 0 spiro atoms. The molecular formula is C16H10BClO3. The highest BCUT2D eigenvalue weighted by atomic mass is 35.5. The third kappa shape index (κ3) is 1.77. The summed E-state index contributed by atoms with van der Waals surface area (Å²) in [7, 11) is -1.61. The van der Waals surface area contributed by atoms with E-state index in [4.69, 9.17) is 16.0 Å². The third-order valence-electron chi connectivity index (χ3n) is 3.76. The number of para-hydroxylation sites is 1. The fourth-order valence-electron chi connectivity index (χ4n) is 2.85. The number of fused-ring (bicyclic) bond motifs is 4. The first-order valence-corrected chi connectivity index (χ1v) is 6.93. The summed E-state index contributed by atoms with van der Waals surface area (Å²) in [6.07, 6.45) is 0. The molecule has 4 aromatic rings. The molecule has 0 saturated carbocycles. The predicted molar refractivity (Wildman–Crippen MR) is 86.1 cm³/mol. The molecule has 0 radical (unpaired) electrons. The summed E-state index contributed by atoms with van der Waals surface area (Å²) in [4.78, 5) is 0. The maximum Gasteiger partial charge on any atom is 0.492 e. The minimum absolute atomic E-state index is 0.371. The van der Waals surface area contributed by atoms with Crippen LogP contribution in [0.2, 0.25) is 5.02 Å². The molecule has 0 unspecified atom stereocenters. The van der Waals surface area contributed by atoms with E-state index in [1.165, 1.54) is 0 Å². The molecule has 3 nitrogen and oxygen atoms in total. The van der Waals surface area contributed by atoms with Gasteiger partial charge in [-0.05, 0) is 22.9 Å².